The van der Waals surface area contributed by atoms with Crippen LogP contribution in [-0.4, -0.2) is 25.6 Å². The highest BCUT2D eigenvalue weighted by molar-refractivity contribution is 6.74. The molecule has 0 heterocycles. The second kappa shape index (κ2) is 12.4. The van der Waals surface area contributed by atoms with E-state index >= 15 is 0 Å². The molecular formula is C33H58O2Si. The van der Waals surface area contributed by atoms with Crippen molar-refractivity contribution < 1.29 is 9.53 Å². The van der Waals surface area contributed by atoms with E-state index in [2.05, 4.69) is 86.1 Å². The number of rotatable bonds is 11. The van der Waals surface area contributed by atoms with Crippen molar-refractivity contribution >= 4 is 8.32 Å². The lowest BCUT2D eigenvalue weighted by Gasteiger charge is -2.55. The predicted octanol–water partition coefficient (Wildman–Crippen LogP) is 9.17. The van der Waals surface area contributed by atoms with Crippen LogP contribution in [0.1, 0.15) is 107 Å². The highest BCUT2D eigenvalue weighted by Gasteiger charge is 2.60. The van der Waals surface area contributed by atoms with Gasteiger partial charge in [0.25, 0.3) is 0 Å². The van der Waals surface area contributed by atoms with Gasteiger partial charge in [-0.1, -0.05) is 52.3 Å². The number of hydrogen-bond acceptors (Lipinski definition) is 2. The Bertz CT molecular complexity index is 821. The minimum Gasteiger partial charge on any atom is -0.417 e. The normalized spacial score (nSPS) is 32.1. The molecule has 0 aliphatic heterocycles. The number of fused-ring (bicyclic) bond motifs is 1. The molecule has 36 heavy (non-hydrogen) atoms. The molecule has 7 atom stereocenters. The van der Waals surface area contributed by atoms with Crippen LogP contribution in [0.4, 0.5) is 0 Å². The zero-order valence-electron chi connectivity index (χ0n) is 25.5. The van der Waals surface area contributed by atoms with Gasteiger partial charge in [-0.25, -0.2) is 0 Å². The van der Waals surface area contributed by atoms with Gasteiger partial charge in [0.05, 0.1) is 5.60 Å². The van der Waals surface area contributed by atoms with Crippen molar-refractivity contribution in [1.29, 1.82) is 0 Å². The predicted molar refractivity (Wildman–Crippen MR) is 159 cm³/mol. The standard InChI is InChI=1S/C33H58O2Si/c1-12-14-15-27(17-16-25(3)4)23-28-20-22-32(9)29(18-19-30(32)33(28,34)21-13-2)26(5)24-35-36(10,11)31(6,7)8/h13,16,26-30,34H,2,15,17-24H2,1,3-11H3/t26-,27?,28+,29-,30?,32-,33+/m1/s1. The Morgan fingerprint density at radius 1 is 1.22 bits per heavy atom. The molecule has 1 N–H and O–H groups in total. The summed E-state index contributed by atoms with van der Waals surface area (Å²) >= 11 is 0. The molecule has 3 heteroatoms. The van der Waals surface area contributed by atoms with Crippen LogP contribution in [0, 0.1) is 46.8 Å². The molecule has 0 aromatic heterocycles. The zero-order chi connectivity index (χ0) is 27.4. The Morgan fingerprint density at radius 3 is 2.44 bits per heavy atom. The molecule has 2 rings (SSSR count). The van der Waals surface area contributed by atoms with Crippen LogP contribution in [0.3, 0.4) is 0 Å². The first kappa shape index (κ1) is 31.4. The van der Waals surface area contributed by atoms with E-state index in [1.807, 2.05) is 13.0 Å². The smallest absolute Gasteiger partial charge is 0.191 e. The van der Waals surface area contributed by atoms with Crippen LogP contribution < -0.4 is 0 Å². The fraction of sp³-hybridized carbons (Fsp3) is 0.818. The summed E-state index contributed by atoms with van der Waals surface area (Å²) < 4.78 is 6.69. The van der Waals surface area contributed by atoms with Crippen LogP contribution in [0.2, 0.25) is 18.1 Å². The maximum atomic E-state index is 12.4. The van der Waals surface area contributed by atoms with Crippen LogP contribution in [0.5, 0.6) is 0 Å². The summed E-state index contributed by atoms with van der Waals surface area (Å²) in [4.78, 5) is 0. The van der Waals surface area contributed by atoms with Gasteiger partial charge < -0.3 is 9.53 Å². The van der Waals surface area contributed by atoms with Gasteiger partial charge in [-0.15, -0.1) is 18.4 Å². The summed E-state index contributed by atoms with van der Waals surface area (Å²) in [5.41, 5.74) is 0.879. The van der Waals surface area contributed by atoms with Crippen molar-refractivity contribution in [2.75, 3.05) is 6.61 Å². The minimum atomic E-state index is -1.76. The Labute approximate surface area is 225 Å². The molecular weight excluding hydrogens is 456 g/mol. The molecule has 2 aliphatic rings. The molecule has 0 radical (unpaired) electrons. The maximum absolute atomic E-state index is 12.4. The van der Waals surface area contributed by atoms with E-state index in [0.717, 1.165) is 38.7 Å². The molecule has 0 bridgehead atoms. The first-order valence-electron chi connectivity index (χ1n) is 14.6. The third-order valence-electron chi connectivity index (χ3n) is 10.5. The average Bonchev–Trinajstić information content (AvgIpc) is 3.13. The number of hydrogen-bond donors (Lipinski definition) is 1. The summed E-state index contributed by atoms with van der Waals surface area (Å²) in [6, 6.07) is 0. The maximum Gasteiger partial charge on any atom is 0.191 e. The summed E-state index contributed by atoms with van der Waals surface area (Å²) in [6.45, 7) is 27.8. The molecule has 0 aromatic rings. The monoisotopic (exact) mass is 514 g/mol. The second-order valence-corrected chi connectivity index (χ2v) is 19.1. The second-order valence-electron chi connectivity index (χ2n) is 14.3. The van der Waals surface area contributed by atoms with Crippen molar-refractivity contribution in [3.05, 3.63) is 24.3 Å². The van der Waals surface area contributed by atoms with E-state index in [-0.39, 0.29) is 10.5 Å². The number of allylic oxidation sites excluding steroid dienone is 2. The van der Waals surface area contributed by atoms with Gasteiger partial charge in [0, 0.05) is 13.0 Å². The van der Waals surface area contributed by atoms with Crippen LogP contribution >= 0.6 is 0 Å². The molecule has 0 saturated heterocycles. The fourth-order valence-electron chi connectivity index (χ4n) is 7.25. The molecule has 0 aromatic carbocycles. The Balaban J connectivity index is 2.23. The van der Waals surface area contributed by atoms with Gasteiger partial charge in [-0.2, -0.15) is 0 Å². The van der Waals surface area contributed by atoms with E-state index in [1.165, 1.54) is 18.4 Å². The lowest BCUT2D eigenvalue weighted by Crippen LogP contribution is -2.55. The summed E-state index contributed by atoms with van der Waals surface area (Å²) in [6.07, 6.45) is 12.7. The average molecular weight is 515 g/mol. The molecule has 2 nitrogen and oxygen atoms in total. The van der Waals surface area contributed by atoms with E-state index in [9.17, 15) is 5.11 Å². The molecule has 2 unspecified atom stereocenters. The van der Waals surface area contributed by atoms with Crippen molar-refractivity contribution in [2.45, 2.75) is 130 Å². The molecule has 2 fully saturated rings. The van der Waals surface area contributed by atoms with E-state index in [0.29, 0.717) is 36.0 Å². The summed E-state index contributed by atoms with van der Waals surface area (Å²) in [5.74, 6) is 8.73. The fourth-order valence-corrected chi connectivity index (χ4v) is 8.36. The highest BCUT2D eigenvalue weighted by atomic mass is 28.4. The third-order valence-corrected chi connectivity index (χ3v) is 15.0. The minimum absolute atomic E-state index is 0.170. The van der Waals surface area contributed by atoms with Crippen molar-refractivity contribution in [1.82, 2.24) is 0 Å². The van der Waals surface area contributed by atoms with Gasteiger partial charge in [-0.05, 0) is 119 Å². The lowest BCUT2D eigenvalue weighted by atomic mass is 9.53. The number of aliphatic hydroxyl groups is 1. The SMILES string of the molecule is C=CC[C@@]1(O)C2CC[C@H]([C@H](C)CO[Si](C)(C)C(C)(C)C)[C@@]2(C)CC[C@H]1CC(CC#CC)CC=C(C)C. The molecule has 2 saturated carbocycles. The van der Waals surface area contributed by atoms with E-state index < -0.39 is 13.9 Å². The Kier molecular flexibility index (Phi) is 10.8. The molecule has 0 amide bonds. The molecule has 206 valence electrons. The van der Waals surface area contributed by atoms with Crippen LogP contribution in [0.25, 0.3) is 0 Å². The van der Waals surface area contributed by atoms with Gasteiger partial charge in [-0.3, -0.25) is 0 Å². The van der Waals surface area contributed by atoms with Gasteiger partial charge >= 0.3 is 0 Å². The topological polar surface area (TPSA) is 29.5 Å². The van der Waals surface area contributed by atoms with Crippen LogP contribution in [0.15, 0.2) is 24.3 Å². The van der Waals surface area contributed by atoms with Crippen LogP contribution in [-0.2, 0) is 4.43 Å². The molecule has 2 aliphatic carbocycles. The van der Waals surface area contributed by atoms with E-state index in [1.54, 1.807) is 0 Å². The molecule has 0 spiro atoms. The largest absolute Gasteiger partial charge is 0.417 e. The highest BCUT2D eigenvalue weighted by Crippen LogP contribution is 2.63. The summed E-state index contributed by atoms with van der Waals surface area (Å²) in [7, 11) is -1.76. The third kappa shape index (κ3) is 6.97. The van der Waals surface area contributed by atoms with Crippen molar-refractivity contribution in [2.24, 2.45) is 35.0 Å². The van der Waals surface area contributed by atoms with Crippen molar-refractivity contribution in [3.63, 3.8) is 0 Å². The Morgan fingerprint density at radius 2 is 1.89 bits per heavy atom. The quantitative estimate of drug-likeness (QED) is 0.169. The first-order valence-corrected chi connectivity index (χ1v) is 17.5. The Hall–Kier alpha value is -0.823. The van der Waals surface area contributed by atoms with Gasteiger partial charge in [0.2, 0.25) is 0 Å². The lowest BCUT2D eigenvalue weighted by molar-refractivity contribution is -0.151. The van der Waals surface area contributed by atoms with Gasteiger partial charge in [0.1, 0.15) is 0 Å². The zero-order valence-corrected chi connectivity index (χ0v) is 26.5. The van der Waals surface area contributed by atoms with Crippen molar-refractivity contribution in [3.8, 4) is 11.8 Å². The first-order chi connectivity index (χ1) is 16.6. The summed E-state index contributed by atoms with van der Waals surface area (Å²) in [5, 5.41) is 12.7. The van der Waals surface area contributed by atoms with E-state index in [4.69, 9.17) is 4.43 Å². The van der Waals surface area contributed by atoms with Gasteiger partial charge in [0.15, 0.2) is 8.32 Å².